The first-order valence-corrected chi connectivity index (χ1v) is 6.98. The van der Waals surface area contributed by atoms with E-state index < -0.39 is 0 Å². The summed E-state index contributed by atoms with van der Waals surface area (Å²) in [6.07, 6.45) is 10.4. The lowest BCUT2D eigenvalue weighted by Crippen LogP contribution is -2.40. The predicted octanol–water partition coefficient (Wildman–Crippen LogP) is 1.34. The highest BCUT2D eigenvalue weighted by Gasteiger charge is 2.19. The van der Waals surface area contributed by atoms with Gasteiger partial charge in [0.25, 0.3) is 0 Å². The van der Waals surface area contributed by atoms with E-state index in [9.17, 15) is 4.79 Å². The largest absolute Gasteiger partial charge is 0.353 e. The maximum absolute atomic E-state index is 12.0. The predicted molar refractivity (Wildman–Crippen MR) is 75.0 cm³/mol. The van der Waals surface area contributed by atoms with E-state index >= 15 is 0 Å². The molecule has 0 spiro atoms. The number of pyridine rings is 1. The SMILES string of the molecule is O=C(CCc1cccnc1)NC1CCn2cncc2C1. The van der Waals surface area contributed by atoms with Crippen molar-refractivity contribution in [2.45, 2.75) is 38.3 Å². The van der Waals surface area contributed by atoms with E-state index in [-0.39, 0.29) is 11.9 Å². The van der Waals surface area contributed by atoms with Gasteiger partial charge in [-0.25, -0.2) is 4.98 Å². The maximum atomic E-state index is 12.0. The van der Waals surface area contributed by atoms with E-state index in [1.807, 2.05) is 30.9 Å². The van der Waals surface area contributed by atoms with Gasteiger partial charge >= 0.3 is 0 Å². The zero-order chi connectivity index (χ0) is 13.8. The number of hydrogen-bond donors (Lipinski definition) is 1. The molecule has 0 fully saturated rings. The quantitative estimate of drug-likeness (QED) is 0.912. The first kappa shape index (κ1) is 12.8. The summed E-state index contributed by atoms with van der Waals surface area (Å²) in [6, 6.07) is 4.13. The fraction of sp³-hybridized carbons (Fsp3) is 0.400. The highest BCUT2D eigenvalue weighted by Crippen LogP contribution is 2.14. The van der Waals surface area contributed by atoms with Crippen LogP contribution in [0.4, 0.5) is 0 Å². The van der Waals surface area contributed by atoms with Crippen LogP contribution in [0.1, 0.15) is 24.1 Å². The van der Waals surface area contributed by atoms with Gasteiger partial charge in [-0.15, -0.1) is 0 Å². The fourth-order valence-corrected chi connectivity index (χ4v) is 2.60. The van der Waals surface area contributed by atoms with Gasteiger partial charge in [0.15, 0.2) is 0 Å². The van der Waals surface area contributed by atoms with Gasteiger partial charge < -0.3 is 9.88 Å². The molecule has 1 amide bonds. The molecule has 0 aromatic carbocycles. The average molecular weight is 270 g/mol. The molecule has 1 aliphatic rings. The highest BCUT2D eigenvalue weighted by atomic mass is 16.1. The molecule has 0 bridgehead atoms. The number of nitrogens with zero attached hydrogens (tertiary/aromatic N) is 3. The van der Waals surface area contributed by atoms with Gasteiger partial charge in [-0.1, -0.05) is 6.07 Å². The monoisotopic (exact) mass is 270 g/mol. The second-order valence-electron chi connectivity index (χ2n) is 5.20. The summed E-state index contributed by atoms with van der Waals surface area (Å²) in [7, 11) is 0. The van der Waals surface area contributed by atoms with Crippen molar-refractivity contribution in [3.8, 4) is 0 Å². The Bertz CT molecular complexity index is 579. The molecule has 104 valence electrons. The summed E-state index contributed by atoms with van der Waals surface area (Å²) in [4.78, 5) is 20.2. The number of imidazole rings is 1. The molecular weight excluding hydrogens is 252 g/mol. The van der Waals surface area contributed by atoms with Crippen molar-refractivity contribution in [1.82, 2.24) is 19.9 Å². The van der Waals surface area contributed by atoms with Gasteiger partial charge in [0, 0.05) is 49.7 Å². The van der Waals surface area contributed by atoms with Crippen molar-refractivity contribution in [2.24, 2.45) is 0 Å². The molecule has 3 rings (SSSR count). The van der Waals surface area contributed by atoms with Crippen LogP contribution in [0, 0.1) is 0 Å². The first-order chi connectivity index (χ1) is 9.81. The molecule has 1 N–H and O–H groups in total. The van der Waals surface area contributed by atoms with Crippen molar-refractivity contribution in [3.05, 3.63) is 48.3 Å². The summed E-state index contributed by atoms with van der Waals surface area (Å²) >= 11 is 0. The Morgan fingerprint density at radius 2 is 2.35 bits per heavy atom. The minimum atomic E-state index is 0.117. The van der Waals surface area contributed by atoms with Gasteiger partial charge in [-0.2, -0.15) is 0 Å². The first-order valence-electron chi connectivity index (χ1n) is 6.98. The van der Waals surface area contributed by atoms with Crippen LogP contribution in [0.3, 0.4) is 0 Å². The Kier molecular flexibility index (Phi) is 3.76. The highest BCUT2D eigenvalue weighted by molar-refractivity contribution is 5.76. The van der Waals surface area contributed by atoms with E-state index in [0.717, 1.165) is 31.4 Å². The van der Waals surface area contributed by atoms with Crippen molar-refractivity contribution >= 4 is 5.91 Å². The van der Waals surface area contributed by atoms with Crippen molar-refractivity contribution in [1.29, 1.82) is 0 Å². The molecule has 2 aromatic heterocycles. The lowest BCUT2D eigenvalue weighted by Gasteiger charge is -2.24. The third-order valence-corrected chi connectivity index (χ3v) is 3.70. The van der Waals surface area contributed by atoms with Crippen LogP contribution in [-0.2, 0) is 24.2 Å². The topological polar surface area (TPSA) is 59.8 Å². The Hall–Kier alpha value is -2.17. The van der Waals surface area contributed by atoms with Gasteiger partial charge in [0.05, 0.1) is 6.33 Å². The number of aromatic nitrogens is 3. The molecule has 20 heavy (non-hydrogen) atoms. The minimum absolute atomic E-state index is 0.117. The summed E-state index contributed by atoms with van der Waals surface area (Å²) in [5.74, 6) is 0.117. The second-order valence-corrected chi connectivity index (χ2v) is 5.20. The van der Waals surface area contributed by atoms with Crippen LogP contribution in [0.25, 0.3) is 0 Å². The molecule has 5 nitrogen and oxygen atoms in total. The number of fused-ring (bicyclic) bond motifs is 1. The molecule has 0 aliphatic carbocycles. The van der Waals surface area contributed by atoms with Crippen LogP contribution < -0.4 is 5.32 Å². The summed E-state index contributed by atoms with van der Waals surface area (Å²) in [6.45, 7) is 0.933. The summed E-state index contributed by atoms with van der Waals surface area (Å²) in [5, 5.41) is 3.12. The third-order valence-electron chi connectivity index (χ3n) is 3.70. The van der Waals surface area contributed by atoms with Crippen molar-refractivity contribution in [2.75, 3.05) is 0 Å². The standard InChI is InChI=1S/C15H18N4O/c20-15(4-3-12-2-1-6-16-9-12)18-13-5-7-19-11-17-10-14(19)8-13/h1-2,6,9-11,13H,3-5,7-8H2,(H,18,20). The Morgan fingerprint density at radius 3 is 3.20 bits per heavy atom. The van der Waals surface area contributed by atoms with Gasteiger partial charge in [0.2, 0.25) is 5.91 Å². The third kappa shape index (κ3) is 3.04. The van der Waals surface area contributed by atoms with E-state index in [4.69, 9.17) is 0 Å². The zero-order valence-corrected chi connectivity index (χ0v) is 11.3. The molecule has 1 atom stereocenters. The molecular formula is C15H18N4O. The van der Waals surface area contributed by atoms with Gasteiger partial charge in [0.1, 0.15) is 0 Å². The molecule has 0 saturated carbocycles. The molecule has 3 heterocycles. The number of amides is 1. The molecule has 2 aromatic rings. The minimum Gasteiger partial charge on any atom is -0.353 e. The van der Waals surface area contributed by atoms with Crippen LogP contribution in [0.15, 0.2) is 37.1 Å². The van der Waals surface area contributed by atoms with E-state index in [1.165, 1.54) is 5.69 Å². The van der Waals surface area contributed by atoms with Gasteiger partial charge in [-0.05, 0) is 24.5 Å². The average Bonchev–Trinajstić information content (AvgIpc) is 2.94. The maximum Gasteiger partial charge on any atom is 0.220 e. The van der Waals surface area contributed by atoms with Crippen LogP contribution in [-0.4, -0.2) is 26.5 Å². The van der Waals surface area contributed by atoms with Crippen molar-refractivity contribution in [3.63, 3.8) is 0 Å². The molecule has 0 saturated heterocycles. The lowest BCUT2D eigenvalue weighted by atomic mass is 10.0. The zero-order valence-electron chi connectivity index (χ0n) is 11.3. The smallest absolute Gasteiger partial charge is 0.220 e. The van der Waals surface area contributed by atoms with Gasteiger partial charge in [-0.3, -0.25) is 9.78 Å². The molecule has 0 radical (unpaired) electrons. The van der Waals surface area contributed by atoms with Crippen LogP contribution >= 0.6 is 0 Å². The number of aryl methyl sites for hydroxylation is 2. The normalized spacial score (nSPS) is 17.5. The van der Waals surface area contributed by atoms with E-state index in [0.29, 0.717) is 6.42 Å². The number of carbonyl (C=O) groups excluding carboxylic acids is 1. The Balaban J connectivity index is 1.48. The number of nitrogens with one attached hydrogen (secondary N) is 1. The van der Waals surface area contributed by atoms with E-state index in [1.54, 1.807) is 6.20 Å². The second kappa shape index (κ2) is 5.86. The Labute approximate surface area is 118 Å². The summed E-state index contributed by atoms with van der Waals surface area (Å²) < 4.78 is 2.15. The Morgan fingerprint density at radius 1 is 1.40 bits per heavy atom. The van der Waals surface area contributed by atoms with Crippen molar-refractivity contribution < 1.29 is 4.79 Å². The summed E-state index contributed by atoms with van der Waals surface area (Å²) in [5.41, 5.74) is 2.30. The molecule has 1 aliphatic heterocycles. The van der Waals surface area contributed by atoms with Crippen LogP contribution in [0.2, 0.25) is 0 Å². The lowest BCUT2D eigenvalue weighted by molar-refractivity contribution is -0.121. The molecule has 1 unspecified atom stereocenters. The fourth-order valence-electron chi connectivity index (χ4n) is 2.60. The number of rotatable bonds is 4. The van der Waals surface area contributed by atoms with Crippen LogP contribution in [0.5, 0.6) is 0 Å². The number of carbonyl (C=O) groups is 1. The van der Waals surface area contributed by atoms with E-state index in [2.05, 4.69) is 19.9 Å². The molecule has 5 heteroatoms. The number of hydrogen-bond acceptors (Lipinski definition) is 3.